The maximum Gasteiger partial charge on any atom is -0.0307 e. The van der Waals surface area contributed by atoms with Crippen molar-refractivity contribution < 1.29 is 0 Å². The molecule has 1 aliphatic carbocycles. The molecule has 0 heterocycles. The van der Waals surface area contributed by atoms with Gasteiger partial charge in [-0.05, 0) is 12.0 Å². The van der Waals surface area contributed by atoms with Crippen molar-refractivity contribution in [3.05, 3.63) is 35.9 Å². The minimum Gasteiger partial charge on any atom is -0.0683 e. The molecule has 1 fully saturated rings. The van der Waals surface area contributed by atoms with Crippen LogP contribution in [-0.4, -0.2) is 0 Å². The van der Waals surface area contributed by atoms with Crippen molar-refractivity contribution >= 4 is 0 Å². The number of benzene rings is 1. The maximum absolute atomic E-state index is 2.16. The highest BCUT2D eigenvalue weighted by Gasteiger charge is 1.95. The van der Waals surface area contributed by atoms with Gasteiger partial charge >= 0.3 is 0 Å². The van der Waals surface area contributed by atoms with Crippen LogP contribution in [0.3, 0.4) is 0 Å². The van der Waals surface area contributed by atoms with Crippen LogP contribution < -0.4 is 0 Å². The summed E-state index contributed by atoms with van der Waals surface area (Å²) < 4.78 is 0. The molecule has 120 valence electrons. The Morgan fingerprint density at radius 2 is 0.950 bits per heavy atom. The highest BCUT2D eigenvalue weighted by atomic mass is 14.0. The lowest BCUT2D eigenvalue weighted by atomic mass is 10.2. The SMILES string of the molecule is C1CCCC1.CC.CC.CCC.CCc1ccccc1. The molecule has 1 aliphatic rings. The van der Waals surface area contributed by atoms with Gasteiger partial charge in [0.25, 0.3) is 0 Å². The summed E-state index contributed by atoms with van der Waals surface area (Å²) in [7, 11) is 0. The molecule has 2 rings (SSSR count). The summed E-state index contributed by atoms with van der Waals surface area (Å²) in [5.74, 6) is 0. The fraction of sp³-hybridized carbons (Fsp3) is 0.700. The molecule has 0 bridgehead atoms. The van der Waals surface area contributed by atoms with Crippen LogP contribution in [0.5, 0.6) is 0 Å². The molecule has 0 aromatic heterocycles. The largest absolute Gasteiger partial charge is 0.0683 e. The molecule has 0 nitrogen and oxygen atoms in total. The van der Waals surface area contributed by atoms with Crippen LogP contribution in [0.15, 0.2) is 30.3 Å². The predicted octanol–water partition coefficient (Wildman–Crippen LogP) is 7.67. The van der Waals surface area contributed by atoms with E-state index in [4.69, 9.17) is 0 Å². The average Bonchev–Trinajstić information content (AvgIpc) is 3.12. The van der Waals surface area contributed by atoms with E-state index in [1.165, 1.54) is 44.1 Å². The number of hydrogen-bond acceptors (Lipinski definition) is 0. The first-order valence-electron chi connectivity index (χ1n) is 8.89. The van der Waals surface area contributed by atoms with Gasteiger partial charge in [0.15, 0.2) is 0 Å². The van der Waals surface area contributed by atoms with Gasteiger partial charge in [0.05, 0.1) is 0 Å². The third kappa shape index (κ3) is 22.4. The second-order valence-electron chi connectivity index (χ2n) is 4.31. The molecular weight excluding hydrogens is 240 g/mol. The molecule has 20 heavy (non-hydrogen) atoms. The van der Waals surface area contributed by atoms with Gasteiger partial charge in [-0.3, -0.25) is 0 Å². The molecule has 1 saturated carbocycles. The lowest BCUT2D eigenvalue weighted by Gasteiger charge is -1.89. The van der Waals surface area contributed by atoms with E-state index >= 15 is 0 Å². The fourth-order valence-electron chi connectivity index (χ4n) is 1.60. The number of aryl methyl sites for hydroxylation is 1. The Hall–Kier alpha value is -0.780. The molecule has 0 spiro atoms. The van der Waals surface area contributed by atoms with E-state index in [9.17, 15) is 0 Å². The predicted molar refractivity (Wildman–Crippen MR) is 97.6 cm³/mol. The first-order valence-corrected chi connectivity index (χ1v) is 8.89. The van der Waals surface area contributed by atoms with Gasteiger partial charge in [0.1, 0.15) is 0 Å². The van der Waals surface area contributed by atoms with E-state index < -0.39 is 0 Å². The molecule has 0 amide bonds. The minimum absolute atomic E-state index is 1.14. The summed E-state index contributed by atoms with van der Waals surface area (Å²) in [5, 5.41) is 0. The Morgan fingerprint density at radius 3 is 1.15 bits per heavy atom. The molecule has 0 unspecified atom stereocenters. The van der Waals surface area contributed by atoms with Crippen molar-refractivity contribution in [2.75, 3.05) is 0 Å². The third-order valence-corrected chi connectivity index (χ3v) is 2.50. The van der Waals surface area contributed by atoms with Gasteiger partial charge in [-0.25, -0.2) is 0 Å². The Labute approximate surface area is 130 Å². The van der Waals surface area contributed by atoms with Gasteiger partial charge in [-0.15, -0.1) is 0 Å². The normalized spacial score (nSPS) is 11.2. The lowest BCUT2D eigenvalue weighted by molar-refractivity contribution is 0.886. The van der Waals surface area contributed by atoms with E-state index in [2.05, 4.69) is 45.0 Å². The smallest absolute Gasteiger partial charge is 0.0307 e. The van der Waals surface area contributed by atoms with Gasteiger partial charge in [0, 0.05) is 0 Å². The van der Waals surface area contributed by atoms with Gasteiger partial charge in [0.2, 0.25) is 0 Å². The first-order chi connectivity index (χ1) is 9.85. The molecule has 1 aromatic rings. The summed E-state index contributed by atoms with van der Waals surface area (Å²) in [6, 6.07) is 10.5. The number of rotatable bonds is 1. The van der Waals surface area contributed by atoms with E-state index in [1.807, 2.05) is 33.8 Å². The van der Waals surface area contributed by atoms with Gasteiger partial charge in [-0.1, -0.05) is 117 Å². The first kappa shape index (κ1) is 24.3. The highest BCUT2D eigenvalue weighted by Crippen LogP contribution is 2.15. The molecule has 0 atom stereocenters. The fourth-order valence-corrected chi connectivity index (χ4v) is 1.60. The van der Waals surface area contributed by atoms with Crippen molar-refractivity contribution in [3.63, 3.8) is 0 Å². The molecule has 1 aromatic carbocycles. The van der Waals surface area contributed by atoms with Gasteiger partial charge in [-0.2, -0.15) is 0 Å². The molecule has 0 N–H and O–H groups in total. The van der Waals surface area contributed by atoms with Crippen molar-refractivity contribution in [3.8, 4) is 0 Å². The highest BCUT2D eigenvalue weighted by molar-refractivity contribution is 5.13. The summed E-state index contributed by atoms with van der Waals surface area (Å²) in [5.41, 5.74) is 1.41. The lowest BCUT2D eigenvalue weighted by Crippen LogP contribution is -1.73. The topological polar surface area (TPSA) is 0 Å². The minimum atomic E-state index is 1.14. The molecule has 0 radical (unpaired) electrons. The standard InChI is InChI=1S/C8H10.C5H10.C3H8.2C2H6/c1-2-8-6-4-3-5-7-8;1-2-4-5-3-1;1-3-2;2*1-2/h3-7H,2H2,1H3;1-5H2;3H2,1-2H3;2*1-2H3. The maximum atomic E-state index is 2.16. The molecular formula is C20H40. The zero-order valence-corrected chi connectivity index (χ0v) is 15.3. The zero-order chi connectivity index (χ0) is 16.1. The Kier molecular flexibility index (Phi) is 32.4. The van der Waals surface area contributed by atoms with Crippen molar-refractivity contribution in [2.45, 2.75) is 93.4 Å². The molecule has 0 heteroatoms. The molecule has 0 saturated heterocycles. The van der Waals surface area contributed by atoms with E-state index in [1.54, 1.807) is 0 Å². The second-order valence-corrected chi connectivity index (χ2v) is 4.31. The Bertz CT molecular complexity index is 201. The van der Waals surface area contributed by atoms with Gasteiger partial charge < -0.3 is 0 Å². The Morgan fingerprint density at radius 1 is 0.650 bits per heavy atom. The van der Waals surface area contributed by atoms with Crippen molar-refractivity contribution in [2.24, 2.45) is 0 Å². The van der Waals surface area contributed by atoms with Crippen LogP contribution in [0, 0.1) is 0 Å². The van der Waals surface area contributed by atoms with Crippen LogP contribution >= 0.6 is 0 Å². The average molecular weight is 281 g/mol. The summed E-state index contributed by atoms with van der Waals surface area (Å²) >= 11 is 0. The van der Waals surface area contributed by atoms with Crippen molar-refractivity contribution in [1.29, 1.82) is 0 Å². The summed E-state index contributed by atoms with van der Waals surface area (Å²) in [6.07, 6.45) is 9.89. The summed E-state index contributed by atoms with van der Waals surface area (Å²) in [4.78, 5) is 0. The van der Waals surface area contributed by atoms with Crippen LogP contribution in [0.25, 0.3) is 0 Å². The third-order valence-electron chi connectivity index (χ3n) is 2.50. The van der Waals surface area contributed by atoms with Crippen LogP contribution in [-0.2, 0) is 6.42 Å². The van der Waals surface area contributed by atoms with E-state index in [-0.39, 0.29) is 0 Å². The van der Waals surface area contributed by atoms with Crippen LogP contribution in [0.2, 0.25) is 0 Å². The van der Waals surface area contributed by atoms with Crippen LogP contribution in [0.4, 0.5) is 0 Å². The molecule has 0 aliphatic heterocycles. The van der Waals surface area contributed by atoms with E-state index in [0.717, 1.165) is 6.42 Å². The second kappa shape index (κ2) is 26.7. The summed E-state index contributed by atoms with van der Waals surface area (Å²) in [6.45, 7) is 14.4. The number of hydrogen-bond donors (Lipinski definition) is 0. The zero-order valence-electron chi connectivity index (χ0n) is 15.3. The van der Waals surface area contributed by atoms with Crippen molar-refractivity contribution in [1.82, 2.24) is 0 Å². The van der Waals surface area contributed by atoms with Crippen LogP contribution in [0.1, 0.15) is 92.6 Å². The Balaban J connectivity index is -0.000000209. The van der Waals surface area contributed by atoms with E-state index in [0.29, 0.717) is 0 Å². The monoisotopic (exact) mass is 280 g/mol. The quantitative estimate of drug-likeness (QED) is 0.495.